The number of hydrogen-bond acceptors (Lipinski definition) is 2. The second-order valence-corrected chi connectivity index (χ2v) is 4.35. The van der Waals surface area contributed by atoms with Crippen molar-refractivity contribution in [1.82, 2.24) is 0 Å². The molecule has 2 N–H and O–H groups in total. The summed E-state index contributed by atoms with van der Waals surface area (Å²) in [5.41, 5.74) is -0.687. The van der Waals surface area contributed by atoms with E-state index in [1.165, 1.54) is 0 Å². The van der Waals surface area contributed by atoms with Gasteiger partial charge in [0.25, 0.3) is 0 Å². The van der Waals surface area contributed by atoms with Crippen LogP contribution in [-0.2, 0) is 0 Å². The Labute approximate surface area is 123 Å². The molecule has 22 heavy (non-hydrogen) atoms. The quantitative estimate of drug-likeness (QED) is 0.618. The molecule has 0 spiro atoms. The van der Waals surface area contributed by atoms with Crippen molar-refractivity contribution in [1.29, 1.82) is 0 Å². The van der Waals surface area contributed by atoms with Crippen LogP contribution in [0.5, 0.6) is 11.5 Å². The van der Waals surface area contributed by atoms with E-state index in [2.05, 4.69) is 0 Å². The number of benzene rings is 2. The van der Waals surface area contributed by atoms with Crippen molar-refractivity contribution in [2.24, 2.45) is 0 Å². The van der Waals surface area contributed by atoms with Crippen LogP contribution >= 0.6 is 0 Å². The Morgan fingerprint density at radius 2 is 0.818 bits per heavy atom. The zero-order valence-corrected chi connectivity index (χ0v) is 11.0. The molecular formula is C16H10F4O2. The van der Waals surface area contributed by atoms with Crippen molar-refractivity contribution < 1.29 is 27.8 Å². The first-order chi connectivity index (χ1) is 10.4. The molecule has 0 amide bonds. The lowest BCUT2D eigenvalue weighted by molar-refractivity contribution is 0.474. The number of allylic oxidation sites excluding steroid dienone is 2. The highest BCUT2D eigenvalue weighted by Gasteiger charge is 2.19. The smallest absolute Gasteiger partial charge is 0.198 e. The molecule has 0 aliphatic heterocycles. The maximum absolute atomic E-state index is 13.8. The molecule has 0 atom stereocenters. The average molecular weight is 310 g/mol. The lowest BCUT2D eigenvalue weighted by atomic mass is 10.1. The standard InChI is InChI=1S/C16H10F4O2/c17-13(9-1-5-11(21)6-2-9)15(19)16(20)14(18)10-3-7-12(22)8-4-10/h1-8,21-22H/b15-13+,16-14+. The van der Waals surface area contributed by atoms with Crippen LogP contribution in [-0.4, -0.2) is 10.2 Å². The third-order valence-electron chi connectivity index (χ3n) is 2.82. The fraction of sp³-hybridized carbons (Fsp3) is 0. The Balaban J connectivity index is 2.43. The molecular weight excluding hydrogens is 300 g/mol. The fourth-order valence-corrected chi connectivity index (χ4v) is 1.66. The third-order valence-corrected chi connectivity index (χ3v) is 2.82. The molecule has 2 nitrogen and oxygen atoms in total. The van der Waals surface area contributed by atoms with Crippen molar-refractivity contribution in [3.8, 4) is 11.5 Å². The fourth-order valence-electron chi connectivity index (χ4n) is 1.66. The van der Waals surface area contributed by atoms with E-state index in [-0.39, 0.29) is 22.6 Å². The highest BCUT2D eigenvalue weighted by atomic mass is 19.2. The Hall–Kier alpha value is -2.76. The monoisotopic (exact) mass is 310 g/mol. The minimum Gasteiger partial charge on any atom is -0.508 e. The van der Waals surface area contributed by atoms with Gasteiger partial charge in [0.05, 0.1) is 0 Å². The normalized spacial score (nSPS) is 13.5. The first kappa shape index (κ1) is 15.6. The number of hydrogen-bond donors (Lipinski definition) is 2. The van der Waals surface area contributed by atoms with E-state index in [0.29, 0.717) is 0 Å². The first-order valence-electron chi connectivity index (χ1n) is 6.10. The predicted octanol–water partition coefficient (Wildman–Crippen LogP) is 5.01. The molecule has 0 fully saturated rings. The molecule has 0 unspecified atom stereocenters. The Bertz CT molecular complexity index is 666. The molecule has 0 aromatic heterocycles. The van der Waals surface area contributed by atoms with Crippen LogP contribution in [0.4, 0.5) is 17.6 Å². The molecule has 0 saturated heterocycles. The van der Waals surface area contributed by atoms with Crippen molar-refractivity contribution in [3.63, 3.8) is 0 Å². The molecule has 2 aromatic rings. The van der Waals surface area contributed by atoms with Crippen molar-refractivity contribution in [3.05, 3.63) is 71.3 Å². The Kier molecular flexibility index (Phi) is 4.50. The van der Waals surface area contributed by atoms with Crippen LogP contribution < -0.4 is 0 Å². The minimum absolute atomic E-state index is 0.178. The molecule has 0 aliphatic carbocycles. The van der Waals surface area contributed by atoms with Gasteiger partial charge in [-0.05, 0) is 48.5 Å². The predicted molar refractivity (Wildman–Crippen MR) is 74.5 cm³/mol. The van der Waals surface area contributed by atoms with Gasteiger partial charge in [0.15, 0.2) is 23.3 Å². The maximum Gasteiger partial charge on any atom is 0.198 e. The molecule has 0 bridgehead atoms. The molecule has 0 heterocycles. The van der Waals surface area contributed by atoms with Crippen molar-refractivity contribution in [2.45, 2.75) is 0 Å². The minimum atomic E-state index is -1.99. The van der Waals surface area contributed by atoms with Crippen LogP contribution in [0.3, 0.4) is 0 Å². The second-order valence-electron chi connectivity index (χ2n) is 4.35. The summed E-state index contributed by atoms with van der Waals surface area (Å²) in [4.78, 5) is 0. The van der Waals surface area contributed by atoms with Crippen LogP contribution in [0, 0.1) is 0 Å². The molecule has 2 aromatic carbocycles. The van der Waals surface area contributed by atoms with Crippen LogP contribution in [0.15, 0.2) is 60.2 Å². The zero-order valence-electron chi connectivity index (χ0n) is 11.0. The highest BCUT2D eigenvalue weighted by Crippen LogP contribution is 2.33. The number of phenolic OH excluding ortho intramolecular Hbond substituents is 2. The third kappa shape index (κ3) is 3.28. The van der Waals surface area contributed by atoms with Gasteiger partial charge in [0.1, 0.15) is 11.5 Å². The van der Waals surface area contributed by atoms with Gasteiger partial charge in [0.2, 0.25) is 0 Å². The van der Waals surface area contributed by atoms with Crippen LogP contribution in [0.2, 0.25) is 0 Å². The summed E-state index contributed by atoms with van der Waals surface area (Å²) in [5, 5.41) is 18.1. The summed E-state index contributed by atoms with van der Waals surface area (Å²) in [6.45, 7) is 0. The second kappa shape index (κ2) is 6.34. The SMILES string of the molecule is Oc1ccc(/C(F)=C(F)/C(F)=C(\F)c2ccc(O)cc2)cc1. The van der Waals surface area contributed by atoms with E-state index >= 15 is 0 Å². The summed E-state index contributed by atoms with van der Waals surface area (Å²) in [7, 11) is 0. The number of aromatic hydroxyl groups is 2. The summed E-state index contributed by atoms with van der Waals surface area (Å²) in [6, 6.07) is 8.43. The largest absolute Gasteiger partial charge is 0.508 e. The van der Waals surface area contributed by atoms with Crippen LogP contribution in [0.25, 0.3) is 11.7 Å². The van der Waals surface area contributed by atoms with Crippen molar-refractivity contribution in [2.75, 3.05) is 0 Å². The Morgan fingerprint density at radius 1 is 0.545 bits per heavy atom. The van der Waals surface area contributed by atoms with Gasteiger partial charge in [-0.15, -0.1) is 0 Å². The summed E-state index contributed by atoms with van der Waals surface area (Å²) in [5.74, 6) is -7.52. The maximum atomic E-state index is 13.8. The van der Waals surface area contributed by atoms with Gasteiger partial charge in [-0.3, -0.25) is 0 Å². The summed E-state index contributed by atoms with van der Waals surface area (Å²) in [6.07, 6.45) is 0. The van der Waals surface area contributed by atoms with E-state index in [1.807, 2.05) is 0 Å². The van der Waals surface area contributed by atoms with Gasteiger partial charge in [0, 0.05) is 11.1 Å². The van der Waals surface area contributed by atoms with Crippen LogP contribution in [0.1, 0.15) is 11.1 Å². The molecule has 0 radical (unpaired) electrons. The number of phenols is 2. The lowest BCUT2D eigenvalue weighted by Gasteiger charge is -2.03. The topological polar surface area (TPSA) is 40.5 Å². The first-order valence-corrected chi connectivity index (χ1v) is 6.10. The summed E-state index contributed by atoms with van der Waals surface area (Å²) >= 11 is 0. The molecule has 0 aliphatic rings. The number of rotatable bonds is 3. The lowest BCUT2D eigenvalue weighted by Crippen LogP contribution is -1.88. The Morgan fingerprint density at radius 3 is 1.09 bits per heavy atom. The number of halogens is 4. The van der Waals surface area contributed by atoms with Gasteiger partial charge < -0.3 is 10.2 Å². The molecule has 114 valence electrons. The molecule has 6 heteroatoms. The average Bonchev–Trinajstić information content (AvgIpc) is 2.53. The van der Waals surface area contributed by atoms with E-state index in [9.17, 15) is 17.6 Å². The van der Waals surface area contributed by atoms with E-state index in [0.717, 1.165) is 48.5 Å². The van der Waals surface area contributed by atoms with E-state index in [1.54, 1.807) is 0 Å². The highest BCUT2D eigenvalue weighted by molar-refractivity contribution is 5.71. The van der Waals surface area contributed by atoms with Gasteiger partial charge in [-0.1, -0.05) is 0 Å². The molecule has 2 rings (SSSR count). The zero-order chi connectivity index (χ0) is 16.3. The van der Waals surface area contributed by atoms with E-state index in [4.69, 9.17) is 10.2 Å². The molecule has 0 saturated carbocycles. The van der Waals surface area contributed by atoms with Gasteiger partial charge in [-0.2, -0.15) is 0 Å². The summed E-state index contributed by atoms with van der Waals surface area (Å²) < 4.78 is 55.0. The van der Waals surface area contributed by atoms with E-state index < -0.39 is 23.3 Å². The van der Waals surface area contributed by atoms with Crippen molar-refractivity contribution >= 4 is 11.7 Å². The van der Waals surface area contributed by atoms with Gasteiger partial charge >= 0.3 is 0 Å². The van der Waals surface area contributed by atoms with Gasteiger partial charge in [-0.25, -0.2) is 17.6 Å².